The number of hydrogen-bond acceptors (Lipinski definition) is 3. The number of rotatable bonds is 1. The van der Waals surface area contributed by atoms with Crippen LogP contribution in [0.5, 0.6) is 11.5 Å². The van der Waals surface area contributed by atoms with Crippen LogP contribution in [-0.4, -0.2) is 23.3 Å². The summed E-state index contributed by atoms with van der Waals surface area (Å²) in [6.45, 7) is 4.57. The van der Waals surface area contributed by atoms with E-state index in [0.29, 0.717) is 12.5 Å². The highest BCUT2D eigenvalue weighted by Crippen LogP contribution is 2.27. The molecular weight excluding hydrogens is 166 g/mol. The Hall–Kier alpha value is -1.22. The summed E-state index contributed by atoms with van der Waals surface area (Å²) in [5, 5.41) is 9.27. The first-order valence-electron chi connectivity index (χ1n) is 4.46. The molecule has 0 radical (unpaired) electrons. The van der Waals surface area contributed by atoms with E-state index in [1.165, 1.54) is 0 Å². The van der Waals surface area contributed by atoms with Crippen molar-refractivity contribution in [2.24, 2.45) is 0 Å². The van der Waals surface area contributed by atoms with Crippen molar-refractivity contribution in [2.75, 3.05) is 13.3 Å². The van der Waals surface area contributed by atoms with Crippen LogP contribution in [0.3, 0.4) is 0 Å². The molecule has 1 aliphatic rings. The van der Waals surface area contributed by atoms with Gasteiger partial charge in [-0.25, -0.2) is 0 Å². The van der Waals surface area contributed by atoms with Gasteiger partial charge >= 0.3 is 0 Å². The minimum absolute atomic E-state index is 0.306. The van der Waals surface area contributed by atoms with E-state index in [9.17, 15) is 5.11 Å². The molecule has 3 nitrogen and oxygen atoms in total. The molecular formula is C10H13NO2. The van der Waals surface area contributed by atoms with Gasteiger partial charge in [-0.2, -0.15) is 0 Å². The molecule has 1 aliphatic heterocycles. The second kappa shape index (κ2) is 3.26. The second-order valence-electron chi connectivity index (χ2n) is 3.21. The van der Waals surface area contributed by atoms with Crippen molar-refractivity contribution in [3.05, 3.63) is 23.8 Å². The van der Waals surface area contributed by atoms with Gasteiger partial charge in [0.15, 0.2) is 0 Å². The third-order valence-corrected chi connectivity index (χ3v) is 2.29. The lowest BCUT2D eigenvalue weighted by molar-refractivity contribution is 0.101. The standard InChI is InChI=1S/C10H13NO2/c1-2-11-6-8-5-9(12)3-4-10(8)13-7-11/h3-5,12H,2,6-7H2,1H3. The molecule has 0 bridgehead atoms. The van der Waals surface area contributed by atoms with Crippen molar-refractivity contribution >= 4 is 0 Å². The Balaban J connectivity index is 2.27. The number of aromatic hydroxyl groups is 1. The Morgan fingerprint density at radius 3 is 3.15 bits per heavy atom. The topological polar surface area (TPSA) is 32.7 Å². The molecule has 2 rings (SSSR count). The summed E-state index contributed by atoms with van der Waals surface area (Å²) in [6, 6.07) is 5.23. The van der Waals surface area contributed by atoms with Crippen LogP contribution in [0.4, 0.5) is 0 Å². The van der Waals surface area contributed by atoms with Gasteiger partial charge in [-0.15, -0.1) is 0 Å². The predicted molar refractivity (Wildman–Crippen MR) is 49.7 cm³/mol. The molecule has 0 unspecified atom stereocenters. The fraction of sp³-hybridized carbons (Fsp3) is 0.400. The summed E-state index contributed by atoms with van der Waals surface area (Å²) in [5.41, 5.74) is 1.06. The van der Waals surface area contributed by atoms with Crippen LogP contribution in [0.25, 0.3) is 0 Å². The molecule has 70 valence electrons. The van der Waals surface area contributed by atoms with E-state index >= 15 is 0 Å². The minimum atomic E-state index is 0.306. The van der Waals surface area contributed by atoms with Crippen molar-refractivity contribution in [2.45, 2.75) is 13.5 Å². The number of fused-ring (bicyclic) bond motifs is 1. The molecule has 3 heteroatoms. The highest BCUT2D eigenvalue weighted by Gasteiger charge is 2.15. The summed E-state index contributed by atoms with van der Waals surface area (Å²) in [6.07, 6.45) is 0. The molecule has 0 atom stereocenters. The molecule has 1 aromatic rings. The van der Waals surface area contributed by atoms with Crippen LogP contribution in [0.15, 0.2) is 18.2 Å². The van der Waals surface area contributed by atoms with Crippen molar-refractivity contribution in [3.63, 3.8) is 0 Å². The van der Waals surface area contributed by atoms with Crippen LogP contribution < -0.4 is 4.74 Å². The molecule has 0 spiro atoms. The molecule has 13 heavy (non-hydrogen) atoms. The van der Waals surface area contributed by atoms with E-state index in [4.69, 9.17) is 4.74 Å². The number of ether oxygens (including phenoxy) is 1. The van der Waals surface area contributed by atoms with Gasteiger partial charge in [0.2, 0.25) is 0 Å². The van der Waals surface area contributed by atoms with Gasteiger partial charge in [-0.05, 0) is 24.7 Å². The molecule has 1 aromatic carbocycles. The van der Waals surface area contributed by atoms with Crippen LogP contribution in [0.1, 0.15) is 12.5 Å². The van der Waals surface area contributed by atoms with Gasteiger partial charge in [-0.1, -0.05) is 6.92 Å². The van der Waals surface area contributed by atoms with E-state index in [2.05, 4.69) is 11.8 Å². The predicted octanol–water partition coefficient (Wildman–Crippen LogP) is 1.56. The number of phenols is 1. The Morgan fingerprint density at radius 2 is 2.38 bits per heavy atom. The van der Waals surface area contributed by atoms with Gasteiger partial charge in [-0.3, -0.25) is 4.90 Å². The Kier molecular flexibility index (Phi) is 2.10. The maximum Gasteiger partial charge on any atom is 0.142 e. The van der Waals surface area contributed by atoms with Crippen molar-refractivity contribution in [1.82, 2.24) is 4.90 Å². The number of nitrogens with zero attached hydrogens (tertiary/aromatic N) is 1. The molecule has 0 amide bonds. The average molecular weight is 179 g/mol. The molecule has 0 saturated carbocycles. The zero-order valence-electron chi connectivity index (χ0n) is 7.66. The largest absolute Gasteiger partial charge is 0.508 e. The molecule has 0 aromatic heterocycles. The summed E-state index contributed by atoms with van der Waals surface area (Å²) in [7, 11) is 0. The minimum Gasteiger partial charge on any atom is -0.508 e. The van der Waals surface area contributed by atoms with E-state index in [1.807, 2.05) is 6.07 Å². The van der Waals surface area contributed by atoms with Gasteiger partial charge in [0.1, 0.15) is 18.2 Å². The second-order valence-corrected chi connectivity index (χ2v) is 3.21. The number of hydrogen-bond donors (Lipinski definition) is 1. The van der Waals surface area contributed by atoms with Gasteiger partial charge in [0.05, 0.1) is 0 Å². The van der Waals surface area contributed by atoms with E-state index in [1.54, 1.807) is 12.1 Å². The smallest absolute Gasteiger partial charge is 0.142 e. The molecule has 0 aliphatic carbocycles. The first-order valence-corrected chi connectivity index (χ1v) is 4.46. The van der Waals surface area contributed by atoms with Gasteiger partial charge in [0.25, 0.3) is 0 Å². The van der Waals surface area contributed by atoms with E-state index in [0.717, 1.165) is 24.4 Å². The van der Waals surface area contributed by atoms with E-state index in [-0.39, 0.29) is 0 Å². The summed E-state index contributed by atoms with van der Waals surface area (Å²) >= 11 is 0. The van der Waals surface area contributed by atoms with Gasteiger partial charge in [0, 0.05) is 12.1 Å². The molecule has 0 saturated heterocycles. The molecule has 1 N–H and O–H groups in total. The van der Waals surface area contributed by atoms with Crippen molar-refractivity contribution in [1.29, 1.82) is 0 Å². The lowest BCUT2D eigenvalue weighted by Gasteiger charge is -2.27. The highest BCUT2D eigenvalue weighted by atomic mass is 16.5. The lowest BCUT2D eigenvalue weighted by Crippen LogP contribution is -2.31. The Labute approximate surface area is 77.6 Å². The Bertz CT molecular complexity index is 312. The van der Waals surface area contributed by atoms with Crippen LogP contribution in [-0.2, 0) is 6.54 Å². The monoisotopic (exact) mass is 179 g/mol. The Morgan fingerprint density at radius 1 is 1.54 bits per heavy atom. The highest BCUT2D eigenvalue weighted by molar-refractivity contribution is 5.40. The number of benzene rings is 1. The quantitative estimate of drug-likeness (QED) is 0.710. The molecule has 0 fully saturated rings. The van der Waals surface area contributed by atoms with Crippen LogP contribution in [0, 0.1) is 0 Å². The van der Waals surface area contributed by atoms with E-state index < -0.39 is 0 Å². The summed E-state index contributed by atoms with van der Waals surface area (Å²) < 4.78 is 5.50. The maximum atomic E-state index is 9.27. The normalized spacial score (nSPS) is 16.4. The lowest BCUT2D eigenvalue weighted by atomic mass is 10.1. The zero-order valence-corrected chi connectivity index (χ0v) is 7.66. The van der Waals surface area contributed by atoms with Crippen LogP contribution >= 0.6 is 0 Å². The van der Waals surface area contributed by atoms with Gasteiger partial charge < -0.3 is 9.84 Å². The number of phenolic OH excluding ortho intramolecular Hbond substituents is 1. The van der Waals surface area contributed by atoms with Crippen LogP contribution in [0.2, 0.25) is 0 Å². The average Bonchev–Trinajstić information content (AvgIpc) is 2.16. The third-order valence-electron chi connectivity index (χ3n) is 2.29. The van der Waals surface area contributed by atoms with Crippen molar-refractivity contribution in [3.8, 4) is 11.5 Å². The fourth-order valence-electron chi connectivity index (χ4n) is 1.48. The SMILES string of the molecule is CCN1COc2ccc(O)cc2C1. The maximum absolute atomic E-state index is 9.27. The molecule has 1 heterocycles. The first-order chi connectivity index (χ1) is 6.29. The van der Waals surface area contributed by atoms with Crippen molar-refractivity contribution < 1.29 is 9.84 Å². The summed E-state index contributed by atoms with van der Waals surface area (Å²) in [5.74, 6) is 1.20. The fourth-order valence-corrected chi connectivity index (χ4v) is 1.48. The zero-order chi connectivity index (χ0) is 9.26. The first kappa shape index (κ1) is 8.38. The summed E-state index contributed by atoms with van der Waals surface area (Å²) in [4.78, 5) is 2.17. The third kappa shape index (κ3) is 1.60.